The number of halogens is 3. The molecule has 1 saturated carbocycles. The number of benzene rings is 1. The molecule has 1 fully saturated rings. The Labute approximate surface area is 141 Å². The first-order chi connectivity index (χ1) is 9.79. The van der Waals surface area contributed by atoms with Crippen LogP contribution in [0.3, 0.4) is 0 Å². The SMILES string of the molecule is O=C(OC1CCCCC1)c1cc(Br)cc(S(=O)(=O)Cl)c1Cl. The molecule has 0 bridgehead atoms. The third-order valence-corrected chi connectivity index (χ3v) is 5.64. The van der Waals surface area contributed by atoms with E-state index in [0.717, 1.165) is 32.1 Å². The summed E-state index contributed by atoms with van der Waals surface area (Å²) >= 11 is 9.14. The maximum absolute atomic E-state index is 12.2. The van der Waals surface area contributed by atoms with Crippen molar-refractivity contribution in [3.63, 3.8) is 0 Å². The molecule has 8 heteroatoms. The van der Waals surface area contributed by atoms with Crippen LogP contribution in [0.4, 0.5) is 0 Å². The minimum Gasteiger partial charge on any atom is -0.459 e. The van der Waals surface area contributed by atoms with Gasteiger partial charge in [-0.25, -0.2) is 13.2 Å². The highest BCUT2D eigenvalue weighted by atomic mass is 79.9. The van der Waals surface area contributed by atoms with Gasteiger partial charge in [0.25, 0.3) is 9.05 Å². The molecule has 0 aromatic heterocycles. The molecule has 1 aliphatic carbocycles. The quantitative estimate of drug-likeness (QED) is 0.537. The van der Waals surface area contributed by atoms with Gasteiger partial charge in [-0.05, 0) is 37.8 Å². The van der Waals surface area contributed by atoms with Crippen LogP contribution in [0.1, 0.15) is 42.5 Å². The number of carbonyl (C=O) groups excluding carboxylic acids is 1. The Bertz CT molecular complexity index is 654. The third kappa shape index (κ3) is 4.34. The van der Waals surface area contributed by atoms with Crippen molar-refractivity contribution in [2.45, 2.75) is 43.1 Å². The van der Waals surface area contributed by atoms with Gasteiger partial charge in [-0.15, -0.1) is 0 Å². The van der Waals surface area contributed by atoms with Crippen LogP contribution in [-0.2, 0) is 13.8 Å². The Balaban J connectivity index is 2.30. The van der Waals surface area contributed by atoms with Gasteiger partial charge in [-0.1, -0.05) is 34.0 Å². The first kappa shape index (κ1) is 17.1. The normalized spacial score (nSPS) is 16.7. The monoisotopic (exact) mass is 414 g/mol. The van der Waals surface area contributed by atoms with Gasteiger partial charge >= 0.3 is 5.97 Å². The van der Waals surface area contributed by atoms with Gasteiger partial charge in [0.15, 0.2) is 0 Å². The summed E-state index contributed by atoms with van der Waals surface area (Å²) in [6.07, 6.45) is 4.67. The Morgan fingerprint density at radius 2 is 1.86 bits per heavy atom. The second-order valence-corrected chi connectivity index (χ2v) is 8.70. The van der Waals surface area contributed by atoms with E-state index in [1.807, 2.05) is 0 Å². The third-order valence-electron chi connectivity index (χ3n) is 3.31. The molecule has 0 N–H and O–H groups in total. The van der Waals surface area contributed by atoms with E-state index in [9.17, 15) is 13.2 Å². The summed E-state index contributed by atoms with van der Waals surface area (Å²) in [7, 11) is 1.28. The summed E-state index contributed by atoms with van der Waals surface area (Å²) in [5.74, 6) is -0.630. The Morgan fingerprint density at radius 1 is 1.24 bits per heavy atom. The van der Waals surface area contributed by atoms with Crippen LogP contribution < -0.4 is 0 Å². The van der Waals surface area contributed by atoms with Crippen LogP contribution in [0.5, 0.6) is 0 Å². The predicted molar refractivity (Wildman–Crippen MR) is 84.5 cm³/mol. The highest BCUT2D eigenvalue weighted by Crippen LogP contribution is 2.33. The number of esters is 1. The number of ether oxygens (including phenoxy) is 1. The molecule has 21 heavy (non-hydrogen) atoms. The number of rotatable bonds is 3. The minimum atomic E-state index is -4.04. The average molecular weight is 416 g/mol. The second kappa shape index (κ2) is 6.86. The van der Waals surface area contributed by atoms with E-state index in [1.54, 1.807) is 0 Å². The first-order valence-electron chi connectivity index (χ1n) is 6.43. The largest absolute Gasteiger partial charge is 0.459 e. The van der Waals surface area contributed by atoms with Crippen molar-refractivity contribution in [3.05, 3.63) is 27.2 Å². The van der Waals surface area contributed by atoms with Crippen LogP contribution in [0.25, 0.3) is 0 Å². The highest BCUT2D eigenvalue weighted by molar-refractivity contribution is 9.10. The van der Waals surface area contributed by atoms with Gasteiger partial charge in [-0.2, -0.15) is 0 Å². The molecular formula is C13H13BrCl2O4S. The molecule has 116 valence electrons. The summed E-state index contributed by atoms with van der Waals surface area (Å²) in [6, 6.07) is 2.68. The Hall–Kier alpha value is -0.300. The highest BCUT2D eigenvalue weighted by Gasteiger charge is 2.25. The van der Waals surface area contributed by atoms with Crippen LogP contribution in [0.15, 0.2) is 21.5 Å². The molecule has 4 nitrogen and oxygen atoms in total. The molecule has 0 unspecified atom stereocenters. The lowest BCUT2D eigenvalue weighted by Crippen LogP contribution is -2.21. The summed E-state index contributed by atoms with van der Waals surface area (Å²) in [4.78, 5) is 11.9. The van der Waals surface area contributed by atoms with E-state index < -0.39 is 15.0 Å². The first-order valence-corrected chi connectivity index (χ1v) is 9.92. The van der Waals surface area contributed by atoms with Gasteiger partial charge in [0, 0.05) is 15.2 Å². The Morgan fingerprint density at radius 3 is 2.43 bits per heavy atom. The minimum absolute atomic E-state index is 0.00385. The molecule has 0 radical (unpaired) electrons. The van der Waals surface area contributed by atoms with Gasteiger partial charge in [0.05, 0.1) is 10.6 Å². The predicted octanol–water partition coefficient (Wildman–Crippen LogP) is 4.52. The molecule has 1 aliphatic rings. The van der Waals surface area contributed by atoms with Crippen molar-refractivity contribution in [2.75, 3.05) is 0 Å². The van der Waals surface area contributed by atoms with Crippen LogP contribution in [0.2, 0.25) is 5.02 Å². The van der Waals surface area contributed by atoms with Crippen LogP contribution >= 0.6 is 38.2 Å². The molecular weight excluding hydrogens is 403 g/mol. The molecule has 1 aromatic carbocycles. The smallest absolute Gasteiger partial charge is 0.340 e. The summed E-state index contributed by atoms with van der Waals surface area (Å²) < 4.78 is 28.7. The number of carbonyl (C=O) groups is 1. The van der Waals surface area contributed by atoms with Gasteiger partial charge in [0.2, 0.25) is 0 Å². The fourth-order valence-electron chi connectivity index (χ4n) is 2.29. The van der Waals surface area contributed by atoms with Crippen molar-refractivity contribution in [1.82, 2.24) is 0 Å². The summed E-state index contributed by atoms with van der Waals surface area (Å²) in [6.45, 7) is 0. The number of hydrogen-bond donors (Lipinski definition) is 0. The molecule has 0 aliphatic heterocycles. The van der Waals surface area contributed by atoms with Crippen molar-refractivity contribution in [3.8, 4) is 0 Å². The van der Waals surface area contributed by atoms with Crippen LogP contribution in [-0.4, -0.2) is 20.5 Å². The molecule has 0 saturated heterocycles. The standard InChI is InChI=1S/C13H13BrCl2O4S/c14-8-6-10(12(15)11(7-8)21(16,18)19)13(17)20-9-4-2-1-3-5-9/h6-7,9H,1-5H2. The van der Waals surface area contributed by atoms with Crippen molar-refractivity contribution in [2.24, 2.45) is 0 Å². The zero-order valence-corrected chi connectivity index (χ0v) is 14.9. The Kier molecular flexibility index (Phi) is 5.57. The van der Waals surface area contributed by atoms with Crippen molar-refractivity contribution in [1.29, 1.82) is 0 Å². The fourth-order valence-corrected chi connectivity index (χ4v) is 4.46. The lowest BCUT2D eigenvalue weighted by molar-refractivity contribution is 0.0211. The topological polar surface area (TPSA) is 60.4 Å². The molecule has 0 amide bonds. The lowest BCUT2D eigenvalue weighted by atomic mass is 9.98. The lowest BCUT2D eigenvalue weighted by Gasteiger charge is -2.22. The summed E-state index contributed by atoms with van der Waals surface area (Å²) in [5, 5.41) is -0.214. The second-order valence-electron chi connectivity index (χ2n) is 4.87. The zero-order valence-electron chi connectivity index (χ0n) is 10.9. The van der Waals surface area contributed by atoms with E-state index in [-0.39, 0.29) is 21.6 Å². The summed E-state index contributed by atoms with van der Waals surface area (Å²) in [5.41, 5.74) is -0.00385. The van der Waals surface area contributed by atoms with Crippen molar-refractivity contribution < 1.29 is 17.9 Å². The van der Waals surface area contributed by atoms with E-state index in [4.69, 9.17) is 27.0 Å². The van der Waals surface area contributed by atoms with E-state index in [0.29, 0.717) is 4.47 Å². The van der Waals surface area contributed by atoms with Gasteiger partial charge in [-0.3, -0.25) is 0 Å². The van der Waals surface area contributed by atoms with Crippen LogP contribution in [0, 0.1) is 0 Å². The molecule has 0 atom stereocenters. The maximum atomic E-state index is 12.2. The molecule has 1 aromatic rings. The van der Waals surface area contributed by atoms with Gasteiger partial charge in [0.1, 0.15) is 11.0 Å². The van der Waals surface area contributed by atoms with E-state index >= 15 is 0 Å². The zero-order chi connectivity index (χ0) is 15.6. The maximum Gasteiger partial charge on any atom is 0.340 e. The molecule has 0 heterocycles. The van der Waals surface area contributed by atoms with E-state index in [2.05, 4.69) is 15.9 Å². The average Bonchev–Trinajstić information content (AvgIpc) is 2.40. The fraction of sp³-hybridized carbons (Fsp3) is 0.462. The van der Waals surface area contributed by atoms with Gasteiger partial charge < -0.3 is 4.74 Å². The van der Waals surface area contributed by atoms with Crippen molar-refractivity contribution >= 4 is 53.2 Å². The number of hydrogen-bond acceptors (Lipinski definition) is 4. The molecule has 0 spiro atoms. The molecule has 2 rings (SSSR count). The van der Waals surface area contributed by atoms with E-state index in [1.165, 1.54) is 12.1 Å².